The molecule has 1 aromatic rings. The summed E-state index contributed by atoms with van der Waals surface area (Å²) in [5.74, 6) is 0.199. The summed E-state index contributed by atoms with van der Waals surface area (Å²) >= 11 is 5.98. The number of carbonyl (C=O) groups is 1. The van der Waals surface area contributed by atoms with E-state index < -0.39 is 0 Å². The number of benzene rings is 1. The first kappa shape index (κ1) is 12.8. The highest BCUT2D eigenvalue weighted by Crippen LogP contribution is 2.26. The molecular weight excluding hydrogens is 228 g/mol. The van der Waals surface area contributed by atoms with Crippen molar-refractivity contribution in [3.05, 3.63) is 28.8 Å². The van der Waals surface area contributed by atoms with Crippen LogP contribution >= 0.6 is 11.6 Å². The number of carbonyl (C=O) groups excluding carboxylic acids is 1. The maximum Gasteiger partial charge on any atom is 0.338 e. The fourth-order valence-electron chi connectivity index (χ4n) is 1.19. The molecule has 0 radical (unpaired) electrons. The van der Waals surface area contributed by atoms with Crippen molar-refractivity contribution in [3.63, 3.8) is 0 Å². The van der Waals surface area contributed by atoms with Gasteiger partial charge in [0, 0.05) is 0 Å². The van der Waals surface area contributed by atoms with Crippen molar-refractivity contribution in [2.24, 2.45) is 0 Å². The van der Waals surface area contributed by atoms with Crippen molar-refractivity contribution in [1.29, 1.82) is 0 Å². The molecule has 0 unspecified atom stereocenters. The maximum absolute atomic E-state index is 11.4. The Morgan fingerprint density at radius 2 is 2.12 bits per heavy atom. The summed E-state index contributed by atoms with van der Waals surface area (Å²) in [5.41, 5.74) is 0.433. The van der Waals surface area contributed by atoms with Gasteiger partial charge >= 0.3 is 5.97 Å². The summed E-state index contributed by atoms with van der Waals surface area (Å²) in [6.45, 7) is 5.93. The summed E-state index contributed by atoms with van der Waals surface area (Å²) in [5, 5.41) is 0.416. The van der Waals surface area contributed by atoms with Gasteiger partial charge in [-0.25, -0.2) is 4.79 Å². The van der Waals surface area contributed by atoms with Gasteiger partial charge in [-0.05, 0) is 39.0 Å². The lowest BCUT2D eigenvalue weighted by molar-refractivity contribution is 0.0526. The molecule has 0 aliphatic rings. The second-order valence-corrected chi connectivity index (χ2v) is 3.94. The fourth-order valence-corrected chi connectivity index (χ4v) is 1.42. The predicted octanol–water partition coefficient (Wildman–Crippen LogP) is 3.30. The Morgan fingerprint density at radius 3 is 2.62 bits per heavy atom. The minimum Gasteiger partial charge on any atom is -0.489 e. The molecule has 0 aliphatic carbocycles. The van der Waals surface area contributed by atoms with Crippen molar-refractivity contribution in [3.8, 4) is 5.75 Å². The van der Waals surface area contributed by atoms with E-state index in [1.54, 1.807) is 25.1 Å². The highest BCUT2D eigenvalue weighted by molar-refractivity contribution is 6.32. The van der Waals surface area contributed by atoms with Crippen LogP contribution in [0.4, 0.5) is 0 Å². The van der Waals surface area contributed by atoms with Crippen LogP contribution in [0.15, 0.2) is 18.2 Å². The molecular formula is C12H15ClO3. The molecule has 0 aliphatic heterocycles. The summed E-state index contributed by atoms with van der Waals surface area (Å²) in [7, 11) is 0. The van der Waals surface area contributed by atoms with E-state index in [2.05, 4.69) is 0 Å². The molecule has 0 heterocycles. The molecule has 88 valence electrons. The molecule has 0 bridgehead atoms. The van der Waals surface area contributed by atoms with Gasteiger partial charge in [-0.15, -0.1) is 0 Å². The number of hydrogen-bond acceptors (Lipinski definition) is 3. The van der Waals surface area contributed by atoms with Gasteiger partial charge in [0.1, 0.15) is 5.75 Å². The van der Waals surface area contributed by atoms with Crippen molar-refractivity contribution in [1.82, 2.24) is 0 Å². The van der Waals surface area contributed by atoms with Gasteiger partial charge in [-0.1, -0.05) is 11.6 Å². The molecule has 0 saturated carbocycles. The number of hydrogen-bond donors (Lipinski definition) is 0. The van der Waals surface area contributed by atoms with Crippen LogP contribution in [0.2, 0.25) is 5.02 Å². The highest BCUT2D eigenvalue weighted by Gasteiger charge is 2.10. The first-order valence-electron chi connectivity index (χ1n) is 5.18. The molecule has 0 atom stereocenters. The van der Waals surface area contributed by atoms with Crippen LogP contribution < -0.4 is 4.74 Å². The summed E-state index contributed by atoms with van der Waals surface area (Å²) in [6, 6.07) is 4.87. The van der Waals surface area contributed by atoms with Crippen LogP contribution in [-0.2, 0) is 4.74 Å². The van der Waals surface area contributed by atoms with Gasteiger partial charge in [0.15, 0.2) is 0 Å². The first-order chi connectivity index (χ1) is 7.54. The van der Waals surface area contributed by atoms with Gasteiger partial charge in [0.05, 0.1) is 23.3 Å². The van der Waals surface area contributed by atoms with Crippen molar-refractivity contribution >= 4 is 17.6 Å². The van der Waals surface area contributed by atoms with Crippen LogP contribution in [0, 0.1) is 0 Å². The molecule has 4 heteroatoms. The molecule has 1 rings (SSSR count). The van der Waals surface area contributed by atoms with E-state index in [0.29, 0.717) is 22.9 Å². The Balaban J connectivity index is 2.86. The summed E-state index contributed by atoms with van der Waals surface area (Å²) in [6.07, 6.45) is 0.0472. The molecule has 0 N–H and O–H groups in total. The SMILES string of the molecule is CCOC(=O)c1ccc(OC(C)C)c(Cl)c1. The lowest BCUT2D eigenvalue weighted by Gasteiger charge is -2.11. The van der Waals surface area contributed by atoms with Crippen molar-refractivity contribution in [2.45, 2.75) is 26.9 Å². The second-order valence-electron chi connectivity index (χ2n) is 3.53. The van der Waals surface area contributed by atoms with E-state index in [4.69, 9.17) is 21.1 Å². The Labute approximate surface area is 100 Å². The molecule has 0 fully saturated rings. The van der Waals surface area contributed by atoms with E-state index in [1.165, 1.54) is 0 Å². The van der Waals surface area contributed by atoms with Gasteiger partial charge < -0.3 is 9.47 Å². The quantitative estimate of drug-likeness (QED) is 0.760. The Kier molecular flexibility index (Phi) is 4.62. The third kappa shape index (κ3) is 3.42. The van der Waals surface area contributed by atoms with Gasteiger partial charge in [-0.2, -0.15) is 0 Å². The third-order valence-corrected chi connectivity index (χ3v) is 2.10. The second kappa shape index (κ2) is 5.75. The molecule has 16 heavy (non-hydrogen) atoms. The topological polar surface area (TPSA) is 35.5 Å². The highest BCUT2D eigenvalue weighted by atomic mass is 35.5. The number of rotatable bonds is 4. The molecule has 3 nitrogen and oxygen atoms in total. The average molecular weight is 243 g/mol. The lowest BCUT2D eigenvalue weighted by atomic mass is 10.2. The Morgan fingerprint density at radius 1 is 1.44 bits per heavy atom. The number of esters is 1. The van der Waals surface area contributed by atoms with E-state index in [0.717, 1.165) is 0 Å². The van der Waals surface area contributed by atoms with Crippen LogP contribution in [0.3, 0.4) is 0 Å². The van der Waals surface area contributed by atoms with Gasteiger partial charge in [-0.3, -0.25) is 0 Å². The molecule has 1 aromatic carbocycles. The summed E-state index contributed by atoms with van der Waals surface area (Å²) < 4.78 is 10.3. The largest absolute Gasteiger partial charge is 0.489 e. The predicted molar refractivity (Wildman–Crippen MR) is 63.2 cm³/mol. The minimum absolute atomic E-state index is 0.0472. The zero-order chi connectivity index (χ0) is 12.1. The van der Waals surface area contributed by atoms with Crippen molar-refractivity contribution in [2.75, 3.05) is 6.61 Å². The van der Waals surface area contributed by atoms with Gasteiger partial charge in [0.25, 0.3) is 0 Å². The number of halogens is 1. The fraction of sp³-hybridized carbons (Fsp3) is 0.417. The van der Waals surface area contributed by atoms with E-state index >= 15 is 0 Å². The number of ether oxygens (including phenoxy) is 2. The molecule has 0 amide bonds. The smallest absolute Gasteiger partial charge is 0.338 e. The van der Waals surface area contributed by atoms with Crippen LogP contribution in [0.5, 0.6) is 5.75 Å². The first-order valence-corrected chi connectivity index (χ1v) is 5.55. The van der Waals surface area contributed by atoms with E-state index in [1.807, 2.05) is 13.8 Å². The zero-order valence-corrected chi connectivity index (χ0v) is 10.4. The average Bonchev–Trinajstić information content (AvgIpc) is 2.20. The summed E-state index contributed by atoms with van der Waals surface area (Å²) in [4.78, 5) is 11.4. The monoisotopic (exact) mass is 242 g/mol. The maximum atomic E-state index is 11.4. The van der Waals surface area contributed by atoms with E-state index in [-0.39, 0.29) is 12.1 Å². The van der Waals surface area contributed by atoms with Crippen molar-refractivity contribution < 1.29 is 14.3 Å². The van der Waals surface area contributed by atoms with E-state index in [9.17, 15) is 4.79 Å². The minimum atomic E-state index is -0.375. The Hall–Kier alpha value is -1.22. The Bertz CT molecular complexity index is 375. The lowest BCUT2D eigenvalue weighted by Crippen LogP contribution is -2.07. The molecule has 0 saturated heterocycles. The van der Waals surface area contributed by atoms with Crippen LogP contribution in [0.25, 0.3) is 0 Å². The molecule has 0 aromatic heterocycles. The van der Waals surface area contributed by atoms with Crippen LogP contribution in [-0.4, -0.2) is 18.7 Å². The zero-order valence-electron chi connectivity index (χ0n) is 9.62. The molecule has 0 spiro atoms. The van der Waals surface area contributed by atoms with Crippen LogP contribution in [0.1, 0.15) is 31.1 Å². The van der Waals surface area contributed by atoms with Gasteiger partial charge in [0.2, 0.25) is 0 Å². The third-order valence-electron chi connectivity index (χ3n) is 1.81. The normalized spacial score (nSPS) is 10.3. The standard InChI is InChI=1S/C12H15ClO3/c1-4-15-12(14)9-5-6-11(10(13)7-9)16-8(2)3/h5-8H,4H2,1-3H3.